The van der Waals surface area contributed by atoms with Gasteiger partial charge in [-0.2, -0.15) is 13.2 Å². The first-order valence-corrected chi connectivity index (χ1v) is 6.40. The van der Waals surface area contributed by atoms with Gasteiger partial charge in [0.15, 0.2) is 0 Å². The second-order valence-electron chi connectivity index (χ2n) is 4.40. The molecule has 0 aromatic heterocycles. The number of nitrogens with zero attached hydrogens (tertiary/aromatic N) is 1. The molecule has 0 atom stereocenters. The van der Waals surface area contributed by atoms with Crippen LogP contribution in [-0.4, -0.2) is 29.6 Å². The van der Waals surface area contributed by atoms with Gasteiger partial charge in [0.1, 0.15) is 12.4 Å². The maximum Gasteiger partial charge on any atom is 0.406 e. The quantitative estimate of drug-likeness (QED) is 0.768. The molecule has 1 saturated carbocycles. The molecule has 0 radical (unpaired) electrons. The van der Waals surface area contributed by atoms with Crippen LogP contribution >= 0.6 is 15.9 Å². The lowest BCUT2D eigenvalue weighted by Gasteiger charge is -2.24. The van der Waals surface area contributed by atoms with E-state index >= 15 is 0 Å². The van der Waals surface area contributed by atoms with E-state index in [1.807, 2.05) is 0 Å². The van der Waals surface area contributed by atoms with Crippen molar-refractivity contribution in [2.24, 2.45) is 0 Å². The summed E-state index contributed by atoms with van der Waals surface area (Å²) in [7, 11) is 0. The van der Waals surface area contributed by atoms with E-state index in [0.717, 1.165) is 6.07 Å². The molecule has 1 aromatic carbocycles. The Bertz CT molecular complexity index is 499. The Morgan fingerprint density at radius 1 is 1.37 bits per heavy atom. The van der Waals surface area contributed by atoms with Crippen LogP contribution in [0.25, 0.3) is 0 Å². The minimum Gasteiger partial charge on any atom is -0.326 e. The average molecular weight is 340 g/mol. The second-order valence-corrected chi connectivity index (χ2v) is 5.32. The highest BCUT2D eigenvalue weighted by Crippen LogP contribution is 2.32. The predicted octanol–water partition coefficient (Wildman–Crippen LogP) is 3.76. The van der Waals surface area contributed by atoms with Crippen LogP contribution in [0.3, 0.4) is 0 Å². The third kappa shape index (κ3) is 3.68. The van der Waals surface area contributed by atoms with E-state index in [2.05, 4.69) is 15.9 Å². The van der Waals surface area contributed by atoms with E-state index in [9.17, 15) is 22.4 Å². The SMILES string of the molecule is O=C(c1cc(Br)ccc1F)N(CC(F)(F)F)C1CC1. The third-order valence-electron chi connectivity index (χ3n) is 2.76. The summed E-state index contributed by atoms with van der Waals surface area (Å²) in [4.78, 5) is 12.7. The van der Waals surface area contributed by atoms with Crippen molar-refractivity contribution in [3.63, 3.8) is 0 Å². The summed E-state index contributed by atoms with van der Waals surface area (Å²) in [6.45, 7) is -1.34. The first-order chi connectivity index (χ1) is 8.78. The van der Waals surface area contributed by atoms with Crippen LogP contribution in [-0.2, 0) is 0 Å². The molecule has 1 aromatic rings. The Labute approximate surface area is 115 Å². The highest BCUT2D eigenvalue weighted by molar-refractivity contribution is 9.10. The van der Waals surface area contributed by atoms with Gasteiger partial charge in [-0.3, -0.25) is 4.79 Å². The minimum absolute atomic E-state index is 0.342. The second kappa shape index (κ2) is 5.11. The van der Waals surface area contributed by atoms with Gasteiger partial charge in [-0.15, -0.1) is 0 Å². The molecule has 1 aliphatic rings. The number of carbonyl (C=O) groups is 1. The van der Waals surface area contributed by atoms with Gasteiger partial charge in [0, 0.05) is 10.5 Å². The monoisotopic (exact) mass is 339 g/mol. The number of alkyl halides is 3. The predicted molar refractivity (Wildman–Crippen MR) is 64.2 cm³/mol. The molecule has 1 amide bonds. The van der Waals surface area contributed by atoms with Gasteiger partial charge in [0.2, 0.25) is 0 Å². The topological polar surface area (TPSA) is 20.3 Å². The number of hydrogen-bond acceptors (Lipinski definition) is 1. The summed E-state index contributed by atoms with van der Waals surface area (Å²) in [6, 6.07) is 3.20. The number of carbonyl (C=O) groups excluding carboxylic acids is 1. The molecular formula is C12H10BrF4NO. The largest absolute Gasteiger partial charge is 0.406 e. The minimum atomic E-state index is -4.49. The molecule has 0 saturated heterocycles. The molecule has 0 spiro atoms. The number of amides is 1. The van der Waals surface area contributed by atoms with Crippen LogP contribution in [0, 0.1) is 5.82 Å². The normalized spacial score (nSPS) is 15.4. The van der Waals surface area contributed by atoms with E-state index < -0.39 is 30.5 Å². The lowest BCUT2D eigenvalue weighted by atomic mass is 10.2. The number of hydrogen-bond donors (Lipinski definition) is 0. The van der Waals surface area contributed by atoms with Crippen LogP contribution in [0.2, 0.25) is 0 Å². The Morgan fingerprint density at radius 3 is 2.53 bits per heavy atom. The van der Waals surface area contributed by atoms with Gasteiger partial charge < -0.3 is 4.90 Å². The first-order valence-electron chi connectivity index (χ1n) is 5.61. The summed E-state index contributed by atoms with van der Waals surface area (Å²) in [5.41, 5.74) is -0.342. The number of rotatable bonds is 3. The fourth-order valence-electron chi connectivity index (χ4n) is 1.76. The Morgan fingerprint density at radius 2 is 2.00 bits per heavy atom. The highest BCUT2D eigenvalue weighted by Gasteiger charge is 2.41. The maximum absolute atomic E-state index is 13.5. The van der Waals surface area contributed by atoms with Crippen molar-refractivity contribution < 1.29 is 22.4 Å². The smallest absolute Gasteiger partial charge is 0.326 e. The average Bonchev–Trinajstić information content (AvgIpc) is 3.11. The van der Waals surface area contributed by atoms with Gasteiger partial charge in [-0.25, -0.2) is 4.39 Å². The molecule has 2 nitrogen and oxygen atoms in total. The molecule has 0 N–H and O–H groups in total. The summed E-state index contributed by atoms with van der Waals surface area (Å²) < 4.78 is 51.4. The molecule has 0 bridgehead atoms. The summed E-state index contributed by atoms with van der Waals surface area (Å²) in [5.74, 6) is -1.74. The third-order valence-corrected chi connectivity index (χ3v) is 3.25. The van der Waals surface area contributed by atoms with Crippen LogP contribution in [0.4, 0.5) is 17.6 Å². The molecule has 7 heteroatoms. The fourth-order valence-corrected chi connectivity index (χ4v) is 2.12. The van der Waals surface area contributed by atoms with Crippen LogP contribution in [0.1, 0.15) is 23.2 Å². The van der Waals surface area contributed by atoms with Gasteiger partial charge in [-0.1, -0.05) is 15.9 Å². The summed E-state index contributed by atoms with van der Waals surface area (Å²) in [6.07, 6.45) is -3.43. The zero-order valence-corrected chi connectivity index (χ0v) is 11.3. The maximum atomic E-state index is 13.5. The van der Waals surface area contributed by atoms with E-state index in [-0.39, 0.29) is 5.56 Å². The van der Waals surface area contributed by atoms with Crippen molar-refractivity contribution >= 4 is 21.8 Å². The van der Waals surface area contributed by atoms with Crippen LogP contribution in [0.5, 0.6) is 0 Å². The molecular weight excluding hydrogens is 330 g/mol. The summed E-state index contributed by atoms with van der Waals surface area (Å²) in [5, 5.41) is 0. The Kier molecular flexibility index (Phi) is 3.85. The van der Waals surface area contributed by atoms with E-state index in [1.54, 1.807) is 0 Å². The molecule has 2 rings (SSSR count). The molecule has 19 heavy (non-hydrogen) atoms. The van der Waals surface area contributed by atoms with Gasteiger partial charge in [0.25, 0.3) is 5.91 Å². The molecule has 1 aliphatic carbocycles. The lowest BCUT2D eigenvalue weighted by molar-refractivity contribution is -0.141. The lowest BCUT2D eigenvalue weighted by Crippen LogP contribution is -2.40. The van der Waals surface area contributed by atoms with Crippen molar-refractivity contribution in [1.82, 2.24) is 4.90 Å². The fraction of sp³-hybridized carbons (Fsp3) is 0.417. The number of benzene rings is 1. The van der Waals surface area contributed by atoms with Crippen molar-refractivity contribution in [2.75, 3.05) is 6.54 Å². The molecule has 0 aliphatic heterocycles. The van der Waals surface area contributed by atoms with Crippen LogP contribution < -0.4 is 0 Å². The van der Waals surface area contributed by atoms with Gasteiger partial charge in [0.05, 0.1) is 5.56 Å². The Hall–Kier alpha value is -1.11. The van der Waals surface area contributed by atoms with Gasteiger partial charge in [-0.05, 0) is 31.0 Å². The number of halogens is 5. The van der Waals surface area contributed by atoms with Crippen molar-refractivity contribution in [1.29, 1.82) is 0 Å². The van der Waals surface area contributed by atoms with E-state index in [4.69, 9.17) is 0 Å². The molecule has 1 fully saturated rings. The van der Waals surface area contributed by atoms with Crippen molar-refractivity contribution in [2.45, 2.75) is 25.1 Å². The first kappa shape index (κ1) is 14.3. The van der Waals surface area contributed by atoms with Crippen LogP contribution in [0.15, 0.2) is 22.7 Å². The van der Waals surface area contributed by atoms with Crippen molar-refractivity contribution in [3.05, 3.63) is 34.1 Å². The van der Waals surface area contributed by atoms with Crippen molar-refractivity contribution in [3.8, 4) is 0 Å². The van der Waals surface area contributed by atoms with E-state index in [1.165, 1.54) is 12.1 Å². The Balaban J connectivity index is 2.26. The molecule has 0 heterocycles. The zero-order valence-electron chi connectivity index (χ0n) is 9.68. The molecule has 104 valence electrons. The summed E-state index contributed by atoms with van der Waals surface area (Å²) >= 11 is 3.07. The van der Waals surface area contributed by atoms with E-state index in [0.29, 0.717) is 22.2 Å². The molecule has 0 unspecified atom stereocenters. The van der Waals surface area contributed by atoms with Gasteiger partial charge >= 0.3 is 6.18 Å². The standard InChI is InChI=1S/C12H10BrF4NO/c13-7-1-4-10(14)9(5-7)11(19)18(8-2-3-8)6-12(15,16)17/h1,4-5,8H,2-3,6H2. The zero-order chi connectivity index (χ0) is 14.2. The highest BCUT2D eigenvalue weighted by atomic mass is 79.9.